The zero-order valence-corrected chi connectivity index (χ0v) is 25.1. The monoisotopic (exact) mass is 610 g/mol. The molecule has 3 atom stereocenters. The van der Waals surface area contributed by atoms with E-state index in [1.54, 1.807) is 48.5 Å². The van der Waals surface area contributed by atoms with Gasteiger partial charge >= 0.3 is 0 Å². The van der Waals surface area contributed by atoms with Crippen molar-refractivity contribution in [3.63, 3.8) is 0 Å². The molecule has 0 spiro atoms. The quantitative estimate of drug-likeness (QED) is 0.0848. The second kappa shape index (κ2) is 14.2. The van der Waals surface area contributed by atoms with Gasteiger partial charge in [0.15, 0.2) is 5.78 Å². The van der Waals surface area contributed by atoms with Crippen LogP contribution >= 0.6 is 0 Å². The summed E-state index contributed by atoms with van der Waals surface area (Å²) in [5.74, 6) is 0.0424. The van der Waals surface area contributed by atoms with Crippen LogP contribution in [0.3, 0.4) is 0 Å². The van der Waals surface area contributed by atoms with Gasteiger partial charge in [0.2, 0.25) is 0 Å². The molecule has 0 aromatic heterocycles. The van der Waals surface area contributed by atoms with Gasteiger partial charge in [-0.25, -0.2) is 0 Å². The molecule has 0 amide bonds. The number of carbonyl (C=O) groups is 1. The van der Waals surface area contributed by atoms with E-state index in [9.17, 15) is 30.3 Å². The van der Waals surface area contributed by atoms with Crippen LogP contribution in [0, 0.1) is 0 Å². The average Bonchev–Trinajstić information content (AvgIpc) is 3.03. The molecule has 4 aromatic rings. The summed E-state index contributed by atoms with van der Waals surface area (Å²) in [4.78, 5) is 13.5. The highest BCUT2D eigenvalue weighted by Gasteiger charge is 2.36. The van der Waals surface area contributed by atoms with Crippen molar-refractivity contribution in [2.45, 2.75) is 56.7 Å². The molecule has 4 aromatic carbocycles. The fraction of sp³-hybridized carbons (Fsp3) is 0.270. The van der Waals surface area contributed by atoms with E-state index in [0.29, 0.717) is 36.8 Å². The molecule has 8 nitrogen and oxygen atoms in total. The van der Waals surface area contributed by atoms with Crippen LogP contribution in [0.2, 0.25) is 0 Å². The highest BCUT2D eigenvalue weighted by molar-refractivity contribution is 6.03. The number of phenols is 4. The molecule has 5 N–H and O–H groups in total. The Kier molecular flexibility index (Phi) is 9.95. The van der Waals surface area contributed by atoms with Gasteiger partial charge in [0.1, 0.15) is 46.2 Å². The van der Waals surface area contributed by atoms with Crippen LogP contribution in [0.5, 0.6) is 34.5 Å². The maximum atomic E-state index is 13.5. The zero-order chi connectivity index (χ0) is 31.9. The molecule has 8 heteroatoms. The minimum Gasteiger partial charge on any atom is -0.508 e. The second-order valence-corrected chi connectivity index (χ2v) is 11.3. The number of fused-ring (bicyclic) bond motifs is 1. The molecule has 1 aliphatic rings. The number of aliphatic hydroxyl groups is 1. The molecule has 234 valence electrons. The van der Waals surface area contributed by atoms with Crippen LogP contribution in [-0.4, -0.2) is 44.5 Å². The van der Waals surface area contributed by atoms with E-state index in [1.165, 1.54) is 25.3 Å². The van der Waals surface area contributed by atoms with Crippen molar-refractivity contribution in [2.24, 2.45) is 0 Å². The third kappa shape index (κ3) is 7.59. The smallest absolute Gasteiger partial charge is 0.174 e. The van der Waals surface area contributed by atoms with Gasteiger partial charge in [-0.05, 0) is 85.2 Å². The van der Waals surface area contributed by atoms with E-state index >= 15 is 0 Å². The van der Waals surface area contributed by atoms with Crippen LogP contribution in [0.25, 0.3) is 0 Å². The minimum absolute atomic E-state index is 0.0626. The molecule has 0 fully saturated rings. The van der Waals surface area contributed by atoms with Crippen LogP contribution < -0.4 is 9.47 Å². The number of unbranched alkanes of at least 4 members (excludes halogenated alkanes) is 1. The van der Waals surface area contributed by atoms with Crippen LogP contribution in [0.1, 0.15) is 76.7 Å². The first-order valence-electron chi connectivity index (χ1n) is 15.1. The Bertz CT molecular complexity index is 1630. The van der Waals surface area contributed by atoms with Crippen molar-refractivity contribution in [1.29, 1.82) is 0 Å². The van der Waals surface area contributed by atoms with Gasteiger partial charge in [-0.1, -0.05) is 48.6 Å². The lowest BCUT2D eigenvalue weighted by molar-refractivity contribution is 0.0841. The summed E-state index contributed by atoms with van der Waals surface area (Å²) < 4.78 is 12.0. The first-order chi connectivity index (χ1) is 21.7. The molecular weight excluding hydrogens is 572 g/mol. The number of methoxy groups -OCH3 is 1. The highest BCUT2D eigenvalue weighted by atomic mass is 16.5. The van der Waals surface area contributed by atoms with Gasteiger partial charge in [-0.15, -0.1) is 0 Å². The predicted octanol–water partition coefficient (Wildman–Crippen LogP) is 7.08. The van der Waals surface area contributed by atoms with Crippen LogP contribution in [0.4, 0.5) is 0 Å². The largest absolute Gasteiger partial charge is 0.508 e. The number of phenolic OH excluding ortho intramolecular Hbond substituents is 4. The lowest BCUT2D eigenvalue weighted by atomic mass is 9.85. The minimum atomic E-state index is -0.636. The molecule has 0 aliphatic carbocycles. The van der Waals surface area contributed by atoms with Gasteiger partial charge < -0.3 is 35.0 Å². The van der Waals surface area contributed by atoms with Crippen LogP contribution in [0.15, 0.2) is 91.0 Å². The molecule has 45 heavy (non-hydrogen) atoms. The summed E-state index contributed by atoms with van der Waals surface area (Å²) >= 11 is 0. The van der Waals surface area contributed by atoms with Crippen molar-refractivity contribution in [2.75, 3.05) is 7.11 Å². The van der Waals surface area contributed by atoms with Gasteiger partial charge in [0.25, 0.3) is 0 Å². The maximum Gasteiger partial charge on any atom is 0.174 e. The Labute approximate surface area is 262 Å². The summed E-state index contributed by atoms with van der Waals surface area (Å²) in [7, 11) is 1.44. The molecule has 0 saturated carbocycles. The zero-order valence-electron chi connectivity index (χ0n) is 25.1. The van der Waals surface area contributed by atoms with Crippen molar-refractivity contribution in [3.05, 3.63) is 119 Å². The van der Waals surface area contributed by atoms with Crippen molar-refractivity contribution in [3.8, 4) is 34.5 Å². The lowest BCUT2D eigenvalue weighted by Gasteiger charge is -2.31. The topological polar surface area (TPSA) is 137 Å². The first kappa shape index (κ1) is 31.5. The normalized spacial score (nSPS) is 15.8. The van der Waals surface area contributed by atoms with Crippen molar-refractivity contribution < 1.29 is 39.8 Å². The fourth-order valence-electron chi connectivity index (χ4n) is 5.71. The van der Waals surface area contributed by atoms with E-state index in [4.69, 9.17) is 9.47 Å². The van der Waals surface area contributed by atoms with Crippen molar-refractivity contribution >= 4 is 5.78 Å². The number of ketones is 1. The number of hydrogen-bond donors (Lipinski definition) is 5. The standard InChI is InChI=1S/C37H38O8/c1-44-34-22-31(42)35(37-36(34)32(43)21-33(45-37)25-12-19-29(41)20-13-25)30(24-10-17-28(40)18-11-24)6-4-2-3-5-26(38)14-7-23-8-15-27(39)16-9-23/h4,6,8-13,15-20,22,26,30,33,38-42H,2-3,5,7,14,21H2,1H3. The molecule has 0 saturated heterocycles. The maximum absolute atomic E-state index is 13.5. The second-order valence-electron chi connectivity index (χ2n) is 11.3. The fourth-order valence-corrected chi connectivity index (χ4v) is 5.71. The van der Waals surface area contributed by atoms with Crippen molar-refractivity contribution in [1.82, 2.24) is 0 Å². The summed E-state index contributed by atoms with van der Waals surface area (Å²) in [5, 5.41) is 51.1. The molecule has 3 unspecified atom stereocenters. The first-order valence-corrected chi connectivity index (χ1v) is 15.1. The number of Topliss-reactive ketones (excluding diaryl/α,β-unsaturated/α-hetero) is 1. The third-order valence-electron chi connectivity index (χ3n) is 8.16. The number of benzene rings is 4. The molecule has 5 rings (SSSR count). The summed E-state index contributed by atoms with van der Waals surface area (Å²) in [5.41, 5.74) is 3.19. The third-order valence-corrected chi connectivity index (χ3v) is 8.16. The van der Waals surface area contributed by atoms with Gasteiger partial charge in [0, 0.05) is 17.5 Å². The Hall–Kier alpha value is -4.95. The SMILES string of the molecule is COc1cc(O)c(C(C=CCCCC(O)CCc2ccc(O)cc2)c2ccc(O)cc2)c2c1C(=O)CC(c1ccc(O)cc1)O2. The number of aromatic hydroxyl groups is 4. The Morgan fingerprint density at radius 1 is 0.889 bits per heavy atom. The van der Waals surface area contributed by atoms with Gasteiger partial charge in [0.05, 0.1) is 19.6 Å². The molecule has 1 aliphatic heterocycles. The molecular formula is C37H38O8. The van der Waals surface area contributed by atoms with Crippen LogP contribution in [-0.2, 0) is 6.42 Å². The van der Waals surface area contributed by atoms with E-state index in [2.05, 4.69) is 0 Å². The summed E-state index contributed by atoms with van der Waals surface area (Å²) in [6.07, 6.45) is 6.24. The number of ether oxygens (including phenoxy) is 2. The van der Waals surface area contributed by atoms with E-state index in [1.807, 2.05) is 24.3 Å². The van der Waals surface area contributed by atoms with E-state index < -0.39 is 18.1 Å². The predicted molar refractivity (Wildman–Crippen MR) is 170 cm³/mol. The van der Waals surface area contributed by atoms with Gasteiger partial charge in [-0.3, -0.25) is 4.79 Å². The van der Waals surface area contributed by atoms with E-state index in [-0.39, 0.29) is 52.3 Å². The summed E-state index contributed by atoms with van der Waals surface area (Å²) in [6, 6.07) is 21.6. The Balaban J connectivity index is 1.39. The number of aliphatic hydroxyl groups excluding tert-OH is 1. The average molecular weight is 611 g/mol. The molecule has 0 bridgehead atoms. The Morgan fingerprint density at radius 2 is 1.51 bits per heavy atom. The molecule has 0 radical (unpaired) electrons. The molecule has 1 heterocycles. The number of allylic oxidation sites excluding steroid dienone is 2. The number of rotatable bonds is 12. The number of hydrogen-bond acceptors (Lipinski definition) is 8. The van der Waals surface area contributed by atoms with Gasteiger partial charge in [-0.2, -0.15) is 0 Å². The summed E-state index contributed by atoms with van der Waals surface area (Å²) in [6.45, 7) is 0. The van der Waals surface area contributed by atoms with E-state index in [0.717, 1.165) is 17.5 Å². The lowest BCUT2D eigenvalue weighted by Crippen LogP contribution is -2.23. The number of aryl methyl sites for hydroxylation is 1. The number of carbonyl (C=O) groups excluding carboxylic acids is 1. The Morgan fingerprint density at radius 3 is 2.16 bits per heavy atom. The highest BCUT2D eigenvalue weighted by Crippen LogP contribution is 2.50.